The van der Waals surface area contributed by atoms with E-state index in [2.05, 4.69) is 0 Å². The fraction of sp³-hybridized carbons (Fsp3) is 0.133. The lowest BCUT2D eigenvalue weighted by atomic mass is 10.1. The van der Waals surface area contributed by atoms with Gasteiger partial charge in [0.2, 0.25) is 0 Å². The van der Waals surface area contributed by atoms with Crippen molar-refractivity contribution in [2.75, 3.05) is 24.8 Å². The molecule has 0 aliphatic carbocycles. The van der Waals surface area contributed by atoms with Crippen molar-refractivity contribution in [3.63, 3.8) is 0 Å². The van der Waals surface area contributed by atoms with Gasteiger partial charge in [0.25, 0.3) is 5.91 Å². The van der Waals surface area contributed by atoms with Crippen LogP contribution in [0.25, 0.3) is 0 Å². The Morgan fingerprint density at radius 2 is 1.90 bits per heavy atom. The number of nitrogen functional groups attached to an aromatic ring is 1. The van der Waals surface area contributed by atoms with E-state index in [0.29, 0.717) is 5.75 Å². The molecule has 2 aromatic rings. The van der Waals surface area contributed by atoms with Gasteiger partial charge < -0.3 is 15.4 Å². The summed E-state index contributed by atoms with van der Waals surface area (Å²) in [6, 6.07) is 11.0. The quantitative estimate of drug-likeness (QED) is 0.875. The van der Waals surface area contributed by atoms with E-state index in [-0.39, 0.29) is 16.9 Å². The van der Waals surface area contributed by atoms with Crippen molar-refractivity contribution in [3.05, 3.63) is 53.8 Å². The molecule has 0 aliphatic rings. The second kappa shape index (κ2) is 5.61. The van der Waals surface area contributed by atoms with Crippen molar-refractivity contribution in [3.8, 4) is 5.75 Å². The summed E-state index contributed by atoms with van der Waals surface area (Å²) >= 11 is 0. The number of anilines is 2. The number of nitrogens with two attached hydrogens (primary N) is 1. The van der Waals surface area contributed by atoms with Crippen molar-refractivity contribution >= 4 is 17.3 Å². The number of methoxy groups -OCH3 is 1. The predicted octanol–water partition coefficient (Wildman–Crippen LogP) is 2.69. The molecule has 5 heteroatoms. The maximum atomic E-state index is 13.7. The monoisotopic (exact) mass is 274 g/mol. The molecule has 0 spiro atoms. The van der Waals surface area contributed by atoms with E-state index >= 15 is 0 Å². The summed E-state index contributed by atoms with van der Waals surface area (Å²) in [4.78, 5) is 13.7. The summed E-state index contributed by atoms with van der Waals surface area (Å²) in [7, 11) is 2.95. The van der Waals surface area contributed by atoms with Crippen LogP contribution >= 0.6 is 0 Å². The van der Waals surface area contributed by atoms with Crippen LogP contribution in [-0.4, -0.2) is 20.1 Å². The highest BCUT2D eigenvalue weighted by Crippen LogP contribution is 2.28. The normalized spacial score (nSPS) is 10.2. The lowest BCUT2D eigenvalue weighted by molar-refractivity contribution is 0.0990. The molecule has 0 radical (unpaired) electrons. The molecular formula is C15H15FN2O2. The molecule has 0 atom stereocenters. The van der Waals surface area contributed by atoms with E-state index in [0.717, 1.165) is 0 Å². The molecule has 0 bridgehead atoms. The first-order valence-corrected chi connectivity index (χ1v) is 6.01. The highest BCUT2D eigenvalue weighted by molar-refractivity contribution is 6.11. The summed E-state index contributed by atoms with van der Waals surface area (Å²) < 4.78 is 18.9. The lowest BCUT2D eigenvalue weighted by Gasteiger charge is -2.20. The van der Waals surface area contributed by atoms with Crippen molar-refractivity contribution < 1.29 is 13.9 Å². The fourth-order valence-electron chi connectivity index (χ4n) is 1.95. The first-order chi connectivity index (χ1) is 9.56. The van der Waals surface area contributed by atoms with Gasteiger partial charge in [-0.3, -0.25) is 4.79 Å². The molecule has 0 fully saturated rings. The average Bonchev–Trinajstić information content (AvgIpc) is 2.46. The molecule has 20 heavy (non-hydrogen) atoms. The Hall–Kier alpha value is -2.56. The molecule has 0 aliphatic heterocycles. The Labute approximate surface area is 116 Å². The number of amides is 1. The van der Waals surface area contributed by atoms with Crippen LogP contribution in [0.4, 0.5) is 15.8 Å². The van der Waals surface area contributed by atoms with Crippen LogP contribution in [0.2, 0.25) is 0 Å². The van der Waals surface area contributed by atoms with Crippen LogP contribution < -0.4 is 15.4 Å². The van der Waals surface area contributed by atoms with Crippen LogP contribution in [-0.2, 0) is 0 Å². The number of carbonyl (C=O) groups excluding carboxylic acids is 1. The van der Waals surface area contributed by atoms with Gasteiger partial charge in [-0.2, -0.15) is 0 Å². The van der Waals surface area contributed by atoms with Crippen molar-refractivity contribution in [2.45, 2.75) is 0 Å². The van der Waals surface area contributed by atoms with Crippen molar-refractivity contribution in [2.24, 2.45) is 0 Å². The van der Waals surface area contributed by atoms with E-state index in [1.807, 2.05) is 0 Å². The molecule has 2 N–H and O–H groups in total. The Bertz CT molecular complexity index is 644. The average molecular weight is 274 g/mol. The third-order valence-corrected chi connectivity index (χ3v) is 3.01. The first-order valence-electron chi connectivity index (χ1n) is 6.01. The van der Waals surface area contributed by atoms with Crippen LogP contribution in [0.15, 0.2) is 42.5 Å². The summed E-state index contributed by atoms with van der Waals surface area (Å²) in [5.74, 6) is -0.542. The molecule has 2 rings (SSSR count). The zero-order chi connectivity index (χ0) is 14.7. The minimum absolute atomic E-state index is 0.183. The number of para-hydroxylation sites is 1. The molecule has 4 nitrogen and oxygen atoms in total. The summed E-state index contributed by atoms with van der Waals surface area (Å²) in [6.07, 6.45) is 0. The number of ether oxygens (including phenoxy) is 1. The van der Waals surface area contributed by atoms with Crippen LogP contribution in [0, 0.1) is 5.82 Å². The van der Waals surface area contributed by atoms with Gasteiger partial charge in [-0.05, 0) is 24.3 Å². The van der Waals surface area contributed by atoms with Crippen molar-refractivity contribution in [1.82, 2.24) is 0 Å². The second-order valence-corrected chi connectivity index (χ2v) is 4.24. The fourth-order valence-corrected chi connectivity index (χ4v) is 1.95. The maximum absolute atomic E-state index is 13.7. The number of benzene rings is 2. The molecule has 0 saturated heterocycles. The Morgan fingerprint density at radius 3 is 2.55 bits per heavy atom. The molecule has 104 valence electrons. The molecule has 0 heterocycles. The standard InChI is InChI=1S/C15H15FN2O2/c1-18(12-8-4-3-6-10(12)16)15(19)14-11(17)7-5-9-13(14)20-2/h3-9H,17H2,1-2H3. The smallest absolute Gasteiger partial charge is 0.263 e. The van der Waals surface area contributed by atoms with Gasteiger partial charge in [0, 0.05) is 12.7 Å². The molecule has 0 aromatic heterocycles. The zero-order valence-corrected chi connectivity index (χ0v) is 11.3. The SMILES string of the molecule is COc1cccc(N)c1C(=O)N(C)c1ccccc1F. The van der Waals surface area contributed by atoms with E-state index < -0.39 is 11.7 Å². The first kappa shape index (κ1) is 13.9. The number of hydrogen-bond donors (Lipinski definition) is 1. The lowest BCUT2D eigenvalue weighted by Crippen LogP contribution is -2.28. The molecule has 2 aromatic carbocycles. The van der Waals surface area contributed by atoms with Gasteiger partial charge in [-0.1, -0.05) is 18.2 Å². The number of nitrogens with zero attached hydrogens (tertiary/aromatic N) is 1. The van der Waals surface area contributed by atoms with Gasteiger partial charge in [0.15, 0.2) is 0 Å². The summed E-state index contributed by atoms with van der Waals surface area (Å²) in [6.45, 7) is 0. The zero-order valence-electron chi connectivity index (χ0n) is 11.3. The van der Waals surface area contributed by atoms with Crippen molar-refractivity contribution in [1.29, 1.82) is 0 Å². The third-order valence-electron chi connectivity index (χ3n) is 3.01. The highest BCUT2D eigenvalue weighted by atomic mass is 19.1. The van der Waals surface area contributed by atoms with Crippen LogP contribution in [0.1, 0.15) is 10.4 Å². The largest absolute Gasteiger partial charge is 0.496 e. The molecule has 0 saturated carbocycles. The topological polar surface area (TPSA) is 55.6 Å². The highest BCUT2D eigenvalue weighted by Gasteiger charge is 2.22. The van der Waals surface area contributed by atoms with Gasteiger partial charge in [-0.15, -0.1) is 0 Å². The van der Waals surface area contributed by atoms with E-state index in [9.17, 15) is 9.18 Å². The number of hydrogen-bond acceptors (Lipinski definition) is 3. The van der Waals surface area contributed by atoms with Gasteiger partial charge in [0.05, 0.1) is 12.8 Å². The maximum Gasteiger partial charge on any atom is 0.263 e. The second-order valence-electron chi connectivity index (χ2n) is 4.24. The summed E-state index contributed by atoms with van der Waals surface area (Å²) in [5, 5.41) is 0. The van der Waals surface area contributed by atoms with Crippen LogP contribution in [0.5, 0.6) is 5.75 Å². The number of carbonyl (C=O) groups is 1. The molecule has 1 amide bonds. The molecular weight excluding hydrogens is 259 g/mol. The Kier molecular flexibility index (Phi) is 3.89. The molecule has 0 unspecified atom stereocenters. The third kappa shape index (κ3) is 2.42. The van der Waals surface area contributed by atoms with Gasteiger partial charge in [-0.25, -0.2) is 4.39 Å². The Balaban J connectivity index is 2.44. The number of rotatable bonds is 3. The van der Waals surface area contributed by atoms with E-state index in [4.69, 9.17) is 10.5 Å². The van der Waals surface area contributed by atoms with Gasteiger partial charge in [0.1, 0.15) is 17.1 Å². The van der Waals surface area contributed by atoms with E-state index in [1.165, 1.54) is 31.2 Å². The minimum Gasteiger partial charge on any atom is -0.496 e. The Morgan fingerprint density at radius 1 is 1.20 bits per heavy atom. The van der Waals surface area contributed by atoms with Gasteiger partial charge >= 0.3 is 0 Å². The van der Waals surface area contributed by atoms with Crippen LogP contribution in [0.3, 0.4) is 0 Å². The summed E-state index contributed by atoms with van der Waals surface area (Å²) in [5.41, 5.74) is 6.53. The van der Waals surface area contributed by atoms with E-state index in [1.54, 1.807) is 30.3 Å². The predicted molar refractivity (Wildman–Crippen MR) is 76.5 cm³/mol. The minimum atomic E-state index is -0.475. The number of halogens is 1.